The summed E-state index contributed by atoms with van der Waals surface area (Å²) in [6, 6.07) is 7.80. The fourth-order valence-corrected chi connectivity index (χ4v) is 3.28. The average molecular weight is 271 g/mol. The number of hydrogen-bond acceptors (Lipinski definition) is 4. The summed E-state index contributed by atoms with van der Waals surface area (Å²) in [5.41, 5.74) is 2.12. The van der Waals surface area contributed by atoms with Crippen molar-refractivity contribution in [3.05, 3.63) is 60.2 Å². The average Bonchev–Trinajstić information content (AvgIpc) is 2.82. The van der Waals surface area contributed by atoms with Gasteiger partial charge < -0.3 is 4.90 Å². The molecular formula is C14H13N3OS. The molecule has 3 heterocycles. The number of nitrogens with zero attached hydrogens (tertiary/aromatic N) is 3. The monoisotopic (exact) mass is 271 g/mol. The third-order valence-electron chi connectivity index (χ3n) is 3.01. The summed E-state index contributed by atoms with van der Waals surface area (Å²) in [6.07, 6.45) is 7.11. The van der Waals surface area contributed by atoms with Crippen LogP contribution in [0.25, 0.3) is 0 Å². The third-order valence-corrected chi connectivity index (χ3v) is 4.27. The van der Waals surface area contributed by atoms with Crippen LogP contribution in [0.3, 0.4) is 0 Å². The molecule has 2 aromatic heterocycles. The Kier molecular flexibility index (Phi) is 3.46. The molecular weight excluding hydrogens is 258 g/mol. The molecule has 1 atom stereocenters. The van der Waals surface area contributed by atoms with Crippen molar-refractivity contribution in [1.29, 1.82) is 0 Å². The molecule has 19 heavy (non-hydrogen) atoms. The molecule has 0 saturated carbocycles. The molecule has 1 aliphatic rings. The summed E-state index contributed by atoms with van der Waals surface area (Å²) in [7, 11) is 0. The van der Waals surface area contributed by atoms with E-state index in [2.05, 4.69) is 9.97 Å². The molecule has 1 aliphatic heterocycles. The Balaban J connectivity index is 1.83. The predicted molar refractivity (Wildman–Crippen MR) is 74.2 cm³/mol. The summed E-state index contributed by atoms with van der Waals surface area (Å²) in [6.45, 7) is 0.596. The van der Waals surface area contributed by atoms with Crippen molar-refractivity contribution < 1.29 is 4.79 Å². The molecule has 5 heteroatoms. The Morgan fingerprint density at radius 3 is 2.68 bits per heavy atom. The lowest BCUT2D eigenvalue weighted by Gasteiger charge is -2.23. The molecule has 0 spiro atoms. The second kappa shape index (κ2) is 5.40. The summed E-state index contributed by atoms with van der Waals surface area (Å²) in [4.78, 5) is 22.1. The first-order valence-electron chi connectivity index (χ1n) is 6.04. The van der Waals surface area contributed by atoms with Crippen molar-refractivity contribution in [2.75, 3.05) is 5.75 Å². The molecule has 0 bridgehead atoms. The third kappa shape index (κ3) is 2.61. The minimum absolute atomic E-state index is 0.0569. The smallest absolute Gasteiger partial charge is 0.234 e. The van der Waals surface area contributed by atoms with Crippen molar-refractivity contribution in [1.82, 2.24) is 14.9 Å². The number of rotatable bonds is 3. The topological polar surface area (TPSA) is 46.1 Å². The van der Waals surface area contributed by atoms with Gasteiger partial charge in [0.15, 0.2) is 0 Å². The van der Waals surface area contributed by atoms with Gasteiger partial charge in [-0.25, -0.2) is 0 Å². The van der Waals surface area contributed by atoms with Crippen molar-refractivity contribution in [3.8, 4) is 0 Å². The largest absolute Gasteiger partial charge is 0.321 e. The lowest BCUT2D eigenvalue weighted by molar-refractivity contribution is -0.128. The van der Waals surface area contributed by atoms with E-state index in [4.69, 9.17) is 0 Å². The Bertz CT molecular complexity index is 561. The number of thioether (sulfide) groups is 1. The summed E-state index contributed by atoms with van der Waals surface area (Å²) < 4.78 is 0. The Hall–Kier alpha value is -1.88. The second-order valence-corrected chi connectivity index (χ2v) is 5.40. The molecule has 4 nitrogen and oxygen atoms in total. The molecule has 3 rings (SSSR count). The molecule has 0 aliphatic carbocycles. The number of carbonyl (C=O) groups is 1. The summed E-state index contributed by atoms with van der Waals surface area (Å²) in [5, 5.41) is 0.0569. The van der Waals surface area contributed by atoms with Gasteiger partial charge in [-0.15, -0.1) is 11.8 Å². The van der Waals surface area contributed by atoms with E-state index in [1.165, 1.54) is 0 Å². The zero-order valence-electron chi connectivity index (χ0n) is 10.3. The first-order valence-corrected chi connectivity index (χ1v) is 7.09. The molecule has 0 aromatic carbocycles. The van der Waals surface area contributed by atoms with Gasteiger partial charge in [0.25, 0.3) is 0 Å². The van der Waals surface area contributed by atoms with E-state index in [0.29, 0.717) is 12.3 Å². The van der Waals surface area contributed by atoms with Gasteiger partial charge in [-0.2, -0.15) is 0 Å². The molecule has 1 unspecified atom stereocenters. The van der Waals surface area contributed by atoms with Gasteiger partial charge in [0.2, 0.25) is 5.91 Å². The Morgan fingerprint density at radius 1 is 1.21 bits per heavy atom. The van der Waals surface area contributed by atoms with Gasteiger partial charge in [0.05, 0.1) is 5.75 Å². The van der Waals surface area contributed by atoms with Gasteiger partial charge >= 0.3 is 0 Å². The maximum Gasteiger partial charge on any atom is 0.234 e. The van der Waals surface area contributed by atoms with Crippen LogP contribution in [0.2, 0.25) is 0 Å². The molecule has 2 aromatic rings. The van der Waals surface area contributed by atoms with Crippen LogP contribution in [0, 0.1) is 0 Å². The lowest BCUT2D eigenvalue weighted by Crippen LogP contribution is -2.27. The van der Waals surface area contributed by atoms with Gasteiger partial charge in [0.1, 0.15) is 5.37 Å². The zero-order valence-corrected chi connectivity index (χ0v) is 11.1. The van der Waals surface area contributed by atoms with E-state index in [0.717, 1.165) is 11.1 Å². The molecule has 1 fully saturated rings. The first-order chi connectivity index (χ1) is 9.34. The number of carbonyl (C=O) groups excluding carboxylic acids is 1. The van der Waals surface area contributed by atoms with Crippen LogP contribution in [-0.4, -0.2) is 26.5 Å². The molecule has 1 saturated heterocycles. The normalized spacial score (nSPS) is 18.8. The quantitative estimate of drug-likeness (QED) is 0.859. The molecule has 1 amide bonds. The zero-order chi connectivity index (χ0) is 13.1. The van der Waals surface area contributed by atoms with Gasteiger partial charge in [0, 0.05) is 36.9 Å². The number of hydrogen-bond donors (Lipinski definition) is 0. The molecule has 96 valence electrons. The second-order valence-electron chi connectivity index (χ2n) is 4.33. The first kappa shape index (κ1) is 12.2. The Labute approximate surface area is 115 Å². The Morgan fingerprint density at radius 2 is 2.00 bits per heavy atom. The van der Waals surface area contributed by atoms with E-state index < -0.39 is 0 Å². The van der Waals surface area contributed by atoms with E-state index in [-0.39, 0.29) is 11.3 Å². The minimum Gasteiger partial charge on any atom is -0.321 e. The van der Waals surface area contributed by atoms with E-state index in [1.54, 1.807) is 30.4 Å². The fourth-order valence-electron chi connectivity index (χ4n) is 2.11. The van der Waals surface area contributed by atoms with Gasteiger partial charge in [-0.1, -0.05) is 12.1 Å². The minimum atomic E-state index is 0.0569. The van der Waals surface area contributed by atoms with E-state index in [9.17, 15) is 4.79 Å². The van der Waals surface area contributed by atoms with Crippen molar-refractivity contribution in [2.24, 2.45) is 0 Å². The highest BCUT2D eigenvalue weighted by Gasteiger charge is 2.32. The van der Waals surface area contributed by atoms with Crippen LogP contribution in [0.4, 0.5) is 0 Å². The SMILES string of the molecule is O=C1CSC(c2cccnc2)N1Cc1cccnc1. The van der Waals surface area contributed by atoms with Crippen LogP contribution in [0.5, 0.6) is 0 Å². The highest BCUT2D eigenvalue weighted by atomic mass is 32.2. The molecule has 0 N–H and O–H groups in total. The van der Waals surface area contributed by atoms with Crippen molar-refractivity contribution >= 4 is 17.7 Å². The standard InChI is InChI=1S/C14H13N3OS/c18-13-10-19-14(12-4-2-6-16-8-12)17(13)9-11-3-1-5-15-7-11/h1-8,14H,9-10H2. The maximum absolute atomic E-state index is 12.0. The number of pyridine rings is 2. The van der Waals surface area contributed by atoms with Crippen molar-refractivity contribution in [3.63, 3.8) is 0 Å². The maximum atomic E-state index is 12.0. The van der Waals surface area contributed by atoms with Gasteiger partial charge in [-0.05, 0) is 17.7 Å². The van der Waals surface area contributed by atoms with Crippen LogP contribution < -0.4 is 0 Å². The van der Waals surface area contributed by atoms with Crippen molar-refractivity contribution in [2.45, 2.75) is 11.9 Å². The van der Waals surface area contributed by atoms with Gasteiger partial charge in [-0.3, -0.25) is 14.8 Å². The highest BCUT2D eigenvalue weighted by Crippen LogP contribution is 2.38. The number of amides is 1. The van der Waals surface area contributed by atoms with E-state index in [1.807, 2.05) is 35.4 Å². The molecule has 0 radical (unpaired) electrons. The highest BCUT2D eigenvalue weighted by molar-refractivity contribution is 8.00. The lowest BCUT2D eigenvalue weighted by atomic mass is 10.2. The predicted octanol–water partition coefficient (Wildman–Crippen LogP) is 2.25. The van der Waals surface area contributed by atoms with Crippen LogP contribution in [-0.2, 0) is 11.3 Å². The summed E-state index contributed by atoms with van der Waals surface area (Å²) >= 11 is 1.65. The summed E-state index contributed by atoms with van der Waals surface area (Å²) in [5.74, 6) is 0.697. The van der Waals surface area contributed by atoms with Crippen LogP contribution >= 0.6 is 11.8 Å². The fraction of sp³-hybridized carbons (Fsp3) is 0.214. The van der Waals surface area contributed by atoms with Crippen LogP contribution in [0.1, 0.15) is 16.5 Å². The van der Waals surface area contributed by atoms with E-state index >= 15 is 0 Å². The number of aromatic nitrogens is 2. The van der Waals surface area contributed by atoms with Crippen LogP contribution in [0.15, 0.2) is 49.1 Å².